The fourth-order valence-electron chi connectivity index (χ4n) is 1.47. The van der Waals surface area contributed by atoms with Gasteiger partial charge in [0.05, 0.1) is 6.20 Å². The fourth-order valence-corrected chi connectivity index (χ4v) is 1.47. The van der Waals surface area contributed by atoms with E-state index in [-0.39, 0.29) is 12.5 Å². The molecule has 5 heteroatoms. The zero-order valence-corrected chi connectivity index (χ0v) is 9.34. The highest BCUT2D eigenvalue weighted by molar-refractivity contribution is 5.90. The lowest BCUT2D eigenvalue weighted by molar-refractivity contribution is -0.116. The molecule has 1 amide bonds. The average Bonchev–Trinajstić information content (AvgIpc) is 2.78. The zero-order chi connectivity index (χ0) is 12.1. The molecule has 1 aromatic heterocycles. The van der Waals surface area contributed by atoms with Crippen molar-refractivity contribution in [1.82, 2.24) is 9.78 Å². The maximum absolute atomic E-state index is 11.7. The van der Waals surface area contributed by atoms with Gasteiger partial charge in [0.2, 0.25) is 5.91 Å². The number of nitrogens with one attached hydrogen (secondary N) is 1. The molecule has 0 radical (unpaired) electrons. The standard InChI is InChI=1S/C12H14N4O/c13-6-10-7-14-16(8-10)9-12(17)15-11-4-2-1-3-5-11/h1-5,7-8H,6,9,13H2,(H,15,17). The van der Waals surface area contributed by atoms with Crippen LogP contribution in [0.25, 0.3) is 0 Å². The van der Waals surface area contributed by atoms with Gasteiger partial charge in [0, 0.05) is 24.0 Å². The van der Waals surface area contributed by atoms with Gasteiger partial charge in [-0.05, 0) is 12.1 Å². The molecule has 0 bridgehead atoms. The van der Waals surface area contributed by atoms with Gasteiger partial charge in [-0.25, -0.2) is 0 Å². The van der Waals surface area contributed by atoms with Gasteiger partial charge in [0.1, 0.15) is 6.54 Å². The van der Waals surface area contributed by atoms with E-state index in [4.69, 9.17) is 5.73 Å². The number of nitrogens with zero attached hydrogens (tertiary/aromatic N) is 2. The number of anilines is 1. The van der Waals surface area contributed by atoms with Crippen LogP contribution in [-0.4, -0.2) is 15.7 Å². The molecular formula is C12H14N4O. The Hall–Kier alpha value is -2.14. The summed E-state index contributed by atoms with van der Waals surface area (Å²) >= 11 is 0. The zero-order valence-electron chi connectivity index (χ0n) is 9.34. The van der Waals surface area contributed by atoms with E-state index in [1.54, 1.807) is 17.1 Å². The first-order valence-electron chi connectivity index (χ1n) is 5.34. The van der Waals surface area contributed by atoms with Crippen LogP contribution in [0, 0.1) is 0 Å². The molecule has 1 aromatic carbocycles. The van der Waals surface area contributed by atoms with E-state index in [0.717, 1.165) is 11.3 Å². The summed E-state index contributed by atoms with van der Waals surface area (Å²) in [7, 11) is 0. The van der Waals surface area contributed by atoms with Gasteiger partial charge in [-0.1, -0.05) is 18.2 Å². The predicted molar refractivity (Wildman–Crippen MR) is 65.2 cm³/mol. The number of hydrogen-bond donors (Lipinski definition) is 2. The number of nitrogens with two attached hydrogens (primary N) is 1. The van der Waals surface area contributed by atoms with Crippen LogP contribution in [0.15, 0.2) is 42.7 Å². The molecule has 2 rings (SSSR count). The first kappa shape index (κ1) is 11.3. The van der Waals surface area contributed by atoms with E-state index >= 15 is 0 Å². The monoisotopic (exact) mass is 230 g/mol. The van der Waals surface area contributed by atoms with Gasteiger partial charge in [-0.2, -0.15) is 5.10 Å². The minimum Gasteiger partial charge on any atom is -0.326 e. The highest BCUT2D eigenvalue weighted by Crippen LogP contribution is 2.05. The van der Waals surface area contributed by atoms with Crippen molar-refractivity contribution in [2.24, 2.45) is 5.73 Å². The topological polar surface area (TPSA) is 72.9 Å². The summed E-state index contributed by atoms with van der Waals surface area (Å²) in [5.74, 6) is -0.108. The van der Waals surface area contributed by atoms with Crippen LogP contribution in [0.3, 0.4) is 0 Å². The highest BCUT2D eigenvalue weighted by Gasteiger charge is 2.04. The Morgan fingerprint density at radius 2 is 2.12 bits per heavy atom. The number of benzene rings is 1. The van der Waals surface area contributed by atoms with E-state index in [0.29, 0.717) is 6.54 Å². The number of carbonyl (C=O) groups excluding carboxylic acids is 1. The van der Waals surface area contributed by atoms with Crippen molar-refractivity contribution in [1.29, 1.82) is 0 Å². The lowest BCUT2D eigenvalue weighted by Crippen LogP contribution is -2.18. The summed E-state index contributed by atoms with van der Waals surface area (Å²) in [6, 6.07) is 9.32. The van der Waals surface area contributed by atoms with E-state index in [1.807, 2.05) is 30.3 Å². The number of rotatable bonds is 4. The number of aromatic nitrogens is 2. The molecule has 0 atom stereocenters. The van der Waals surface area contributed by atoms with Crippen molar-refractivity contribution in [3.05, 3.63) is 48.3 Å². The Kier molecular flexibility index (Phi) is 3.52. The first-order valence-corrected chi connectivity index (χ1v) is 5.34. The molecule has 88 valence electrons. The molecule has 0 spiro atoms. The molecule has 17 heavy (non-hydrogen) atoms. The highest BCUT2D eigenvalue weighted by atomic mass is 16.2. The molecular weight excluding hydrogens is 216 g/mol. The summed E-state index contributed by atoms with van der Waals surface area (Å²) in [5.41, 5.74) is 7.16. The second-order valence-corrected chi connectivity index (χ2v) is 3.66. The van der Waals surface area contributed by atoms with Crippen LogP contribution in [0.2, 0.25) is 0 Å². The quantitative estimate of drug-likeness (QED) is 0.822. The van der Waals surface area contributed by atoms with Crippen LogP contribution in [0.1, 0.15) is 5.56 Å². The third-order valence-corrected chi connectivity index (χ3v) is 2.29. The molecule has 0 saturated carbocycles. The number of para-hydroxylation sites is 1. The molecule has 0 fully saturated rings. The van der Waals surface area contributed by atoms with Gasteiger partial charge < -0.3 is 11.1 Å². The molecule has 1 heterocycles. The summed E-state index contributed by atoms with van der Waals surface area (Å²) in [6.07, 6.45) is 3.43. The average molecular weight is 230 g/mol. The van der Waals surface area contributed by atoms with Crippen LogP contribution < -0.4 is 11.1 Å². The van der Waals surface area contributed by atoms with E-state index in [9.17, 15) is 4.79 Å². The van der Waals surface area contributed by atoms with Gasteiger partial charge >= 0.3 is 0 Å². The second-order valence-electron chi connectivity index (χ2n) is 3.66. The van der Waals surface area contributed by atoms with Crippen molar-refractivity contribution in [3.63, 3.8) is 0 Å². The Labute approximate surface area is 99.2 Å². The SMILES string of the molecule is NCc1cnn(CC(=O)Nc2ccccc2)c1. The molecule has 0 aliphatic carbocycles. The molecule has 0 aliphatic rings. The Bertz CT molecular complexity index is 492. The molecule has 3 N–H and O–H groups in total. The summed E-state index contributed by atoms with van der Waals surface area (Å²) < 4.78 is 1.57. The number of amides is 1. The minimum absolute atomic E-state index is 0.108. The normalized spacial score (nSPS) is 10.2. The third-order valence-electron chi connectivity index (χ3n) is 2.29. The molecule has 2 aromatic rings. The fraction of sp³-hybridized carbons (Fsp3) is 0.167. The van der Waals surface area contributed by atoms with Gasteiger partial charge in [0.15, 0.2) is 0 Å². The first-order chi connectivity index (χ1) is 8.28. The van der Waals surface area contributed by atoms with Crippen molar-refractivity contribution in [2.75, 3.05) is 5.32 Å². The van der Waals surface area contributed by atoms with Crippen molar-refractivity contribution < 1.29 is 4.79 Å². The lowest BCUT2D eigenvalue weighted by atomic mass is 10.3. The van der Waals surface area contributed by atoms with Crippen molar-refractivity contribution >= 4 is 11.6 Å². The molecule has 0 saturated heterocycles. The van der Waals surface area contributed by atoms with Gasteiger partial charge in [0.25, 0.3) is 0 Å². The Morgan fingerprint density at radius 3 is 2.76 bits per heavy atom. The van der Waals surface area contributed by atoms with Crippen molar-refractivity contribution in [3.8, 4) is 0 Å². The smallest absolute Gasteiger partial charge is 0.246 e. The Morgan fingerprint density at radius 1 is 1.35 bits per heavy atom. The van der Waals surface area contributed by atoms with Crippen LogP contribution >= 0.6 is 0 Å². The van der Waals surface area contributed by atoms with E-state index in [2.05, 4.69) is 10.4 Å². The number of carbonyl (C=O) groups is 1. The van der Waals surface area contributed by atoms with Crippen LogP contribution in [0.5, 0.6) is 0 Å². The maximum Gasteiger partial charge on any atom is 0.246 e. The number of hydrogen-bond acceptors (Lipinski definition) is 3. The van der Waals surface area contributed by atoms with Crippen LogP contribution in [-0.2, 0) is 17.9 Å². The van der Waals surface area contributed by atoms with Crippen LogP contribution in [0.4, 0.5) is 5.69 Å². The Balaban J connectivity index is 1.93. The van der Waals surface area contributed by atoms with E-state index < -0.39 is 0 Å². The molecule has 0 unspecified atom stereocenters. The molecule has 0 aliphatic heterocycles. The largest absolute Gasteiger partial charge is 0.326 e. The summed E-state index contributed by atoms with van der Waals surface area (Å²) in [4.78, 5) is 11.7. The van der Waals surface area contributed by atoms with Gasteiger partial charge in [-0.15, -0.1) is 0 Å². The van der Waals surface area contributed by atoms with Crippen molar-refractivity contribution in [2.45, 2.75) is 13.1 Å². The minimum atomic E-state index is -0.108. The maximum atomic E-state index is 11.7. The summed E-state index contributed by atoms with van der Waals surface area (Å²) in [5, 5.41) is 6.83. The summed E-state index contributed by atoms with van der Waals surface area (Å²) in [6.45, 7) is 0.620. The van der Waals surface area contributed by atoms with E-state index in [1.165, 1.54) is 0 Å². The third kappa shape index (κ3) is 3.15. The predicted octanol–water partition coefficient (Wildman–Crippen LogP) is 0.980. The van der Waals surface area contributed by atoms with Gasteiger partial charge in [-0.3, -0.25) is 9.48 Å². The second kappa shape index (κ2) is 5.27. The lowest BCUT2D eigenvalue weighted by Gasteiger charge is -2.04. The molecule has 5 nitrogen and oxygen atoms in total.